The van der Waals surface area contributed by atoms with Gasteiger partial charge in [-0.05, 0) is 43.7 Å². The van der Waals surface area contributed by atoms with E-state index in [2.05, 4.69) is 49.7 Å². The predicted octanol–water partition coefficient (Wildman–Crippen LogP) is 3.02. The summed E-state index contributed by atoms with van der Waals surface area (Å²) in [7, 11) is 0. The first-order valence-corrected chi connectivity index (χ1v) is 6.86. The van der Waals surface area contributed by atoms with Crippen LogP contribution in [-0.2, 0) is 6.42 Å². The van der Waals surface area contributed by atoms with Crippen LogP contribution in [0, 0.1) is 11.8 Å². The second-order valence-electron chi connectivity index (χ2n) is 5.20. The molecule has 0 aromatic carbocycles. The minimum atomic E-state index is 0.541. The number of nitrogens with zero attached hydrogens (tertiary/aromatic N) is 2. The smallest absolute Gasteiger partial charge is 0.0628 e. The summed E-state index contributed by atoms with van der Waals surface area (Å²) < 4.78 is 2.11. The number of hydrogen-bond acceptors (Lipinski definition) is 2. The largest absolute Gasteiger partial charge is 0.330 e. The third kappa shape index (κ3) is 3.84. The monoisotopic (exact) mass is 237 g/mol. The molecule has 1 rings (SSSR count). The van der Waals surface area contributed by atoms with Crippen molar-refractivity contribution in [3.05, 3.63) is 18.0 Å². The van der Waals surface area contributed by atoms with Crippen LogP contribution in [0.3, 0.4) is 0 Å². The molecule has 1 atom stereocenters. The highest BCUT2D eigenvalue weighted by Crippen LogP contribution is 2.18. The molecule has 0 aliphatic heterocycles. The second kappa shape index (κ2) is 6.80. The number of rotatable bonds is 7. The van der Waals surface area contributed by atoms with Gasteiger partial charge in [0.2, 0.25) is 0 Å². The second-order valence-corrected chi connectivity index (χ2v) is 5.20. The summed E-state index contributed by atoms with van der Waals surface area (Å²) in [5, 5.41) is 4.68. The molecule has 0 radical (unpaired) electrons. The molecule has 0 saturated heterocycles. The molecule has 0 saturated carbocycles. The summed E-state index contributed by atoms with van der Waals surface area (Å²) in [5.74, 6) is 1.17. The number of aromatic nitrogens is 2. The first kappa shape index (κ1) is 14.2. The topological polar surface area (TPSA) is 43.8 Å². The van der Waals surface area contributed by atoms with E-state index < -0.39 is 0 Å². The third-order valence-corrected chi connectivity index (χ3v) is 3.70. The van der Waals surface area contributed by atoms with E-state index in [1.54, 1.807) is 0 Å². The minimum absolute atomic E-state index is 0.541. The van der Waals surface area contributed by atoms with Crippen molar-refractivity contribution in [3.63, 3.8) is 0 Å². The van der Waals surface area contributed by atoms with Gasteiger partial charge in [-0.1, -0.05) is 27.7 Å². The molecule has 1 unspecified atom stereocenters. The first-order chi connectivity index (χ1) is 8.12. The minimum Gasteiger partial charge on any atom is -0.330 e. The van der Waals surface area contributed by atoms with Gasteiger partial charge in [-0.15, -0.1) is 0 Å². The van der Waals surface area contributed by atoms with Gasteiger partial charge in [-0.3, -0.25) is 4.68 Å². The lowest BCUT2D eigenvalue weighted by atomic mass is 9.91. The highest BCUT2D eigenvalue weighted by atomic mass is 15.3. The Morgan fingerprint density at radius 1 is 1.29 bits per heavy atom. The van der Waals surface area contributed by atoms with Crippen molar-refractivity contribution in [3.8, 4) is 0 Å². The van der Waals surface area contributed by atoms with Gasteiger partial charge >= 0.3 is 0 Å². The van der Waals surface area contributed by atoms with E-state index in [0.717, 1.165) is 25.8 Å². The van der Waals surface area contributed by atoms with Gasteiger partial charge in [0, 0.05) is 6.20 Å². The molecule has 3 nitrogen and oxygen atoms in total. The lowest BCUT2D eigenvalue weighted by Crippen LogP contribution is -2.22. The molecule has 1 aromatic rings. The van der Waals surface area contributed by atoms with Crippen LogP contribution >= 0.6 is 0 Å². The molecule has 0 amide bonds. The molecule has 2 N–H and O–H groups in total. The van der Waals surface area contributed by atoms with Crippen molar-refractivity contribution in [2.45, 2.75) is 53.0 Å². The van der Waals surface area contributed by atoms with E-state index >= 15 is 0 Å². The van der Waals surface area contributed by atoms with Gasteiger partial charge in [-0.25, -0.2) is 0 Å². The van der Waals surface area contributed by atoms with Gasteiger partial charge in [0.25, 0.3) is 0 Å². The van der Waals surface area contributed by atoms with Crippen LogP contribution in [0.25, 0.3) is 0 Å². The fraction of sp³-hybridized carbons (Fsp3) is 0.786. The molecule has 17 heavy (non-hydrogen) atoms. The Labute approximate surface area is 105 Å². The zero-order valence-corrected chi connectivity index (χ0v) is 11.7. The van der Waals surface area contributed by atoms with Crippen LogP contribution in [0.15, 0.2) is 12.3 Å². The normalized spacial score (nSPS) is 13.6. The third-order valence-electron chi connectivity index (χ3n) is 3.70. The summed E-state index contributed by atoms with van der Waals surface area (Å²) in [5.41, 5.74) is 6.99. The summed E-state index contributed by atoms with van der Waals surface area (Å²) in [4.78, 5) is 0. The van der Waals surface area contributed by atoms with Gasteiger partial charge in [0.05, 0.1) is 11.7 Å². The zero-order chi connectivity index (χ0) is 12.8. The average molecular weight is 237 g/mol. The van der Waals surface area contributed by atoms with Crippen molar-refractivity contribution in [2.24, 2.45) is 17.6 Å². The Bertz CT molecular complexity index is 313. The summed E-state index contributed by atoms with van der Waals surface area (Å²) >= 11 is 0. The molecule has 1 heterocycles. The molecular formula is C14H27N3. The molecule has 0 spiro atoms. The van der Waals surface area contributed by atoms with Crippen molar-refractivity contribution < 1.29 is 0 Å². The Morgan fingerprint density at radius 2 is 1.94 bits per heavy atom. The molecular weight excluding hydrogens is 210 g/mol. The van der Waals surface area contributed by atoms with Crippen molar-refractivity contribution in [1.82, 2.24) is 9.78 Å². The van der Waals surface area contributed by atoms with Gasteiger partial charge in [-0.2, -0.15) is 5.10 Å². The predicted molar refractivity (Wildman–Crippen MR) is 72.9 cm³/mol. The lowest BCUT2D eigenvalue weighted by Gasteiger charge is -2.17. The lowest BCUT2D eigenvalue weighted by molar-refractivity contribution is 0.380. The zero-order valence-electron chi connectivity index (χ0n) is 11.7. The van der Waals surface area contributed by atoms with Crippen LogP contribution in [-0.4, -0.2) is 16.3 Å². The fourth-order valence-electron chi connectivity index (χ4n) is 2.21. The number of hydrogen-bond donors (Lipinski definition) is 1. The first-order valence-electron chi connectivity index (χ1n) is 6.86. The SMILES string of the molecule is CCC(CC)n1ccc(CC(CN)C(C)C)n1. The summed E-state index contributed by atoms with van der Waals surface area (Å²) in [6, 6.07) is 2.68. The Kier molecular flexibility index (Phi) is 5.69. The molecule has 98 valence electrons. The van der Waals surface area contributed by atoms with E-state index in [4.69, 9.17) is 5.73 Å². The van der Waals surface area contributed by atoms with E-state index in [-0.39, 0.29) is 0 Å². The van der Waals surface area contributed by atoms with Crippen molar-refractivity contribution in [2.75, 3.05) is 6.54 Å². The molecule has 1 aromatic heterocycles. The highest BCUT2D eigenvalue weighted by molar-refractivity contribution is 5.01. The quantitative estimate of drug-likeness (QED) is 0.792. The van der Waals surface area contributed by atoms with Crippen LogP contribution < -0.4 is 5.73 Å². The Balaban J connectivity index is 2.67. The fourth-order valence-corrected chi connectivity index (χ4v) is 2.21. The van der Waals surface area contributed by atoms with Crippen molar-refractivity contribution >= 4 is 0 Å². The summed E-state index contributed by atoms with van der Waals surface area (Å²) in [6.07, 6.45) is 5.40. The Hall–Kier alpha value is -0.830. The standard InChI is InChI=1S/C14H27N3/c1-5-14(6-2)17-8-7-13(16-17)9-12(10-15)11(3)4/h7-8,11-12,14H,5-6,9-10,15H2,1-4H3. The highest BCUT2D eigenvalue weighted by Gasteiger charge is 2.15. The van der Waals surface area contributed by atoms with E-state index in [0.29, 0.717) is 17.9 Å². The maximum Gasteiger partial charge on any atom is 0.0628 e. The summed E-state index contributed by atoms with van der Waals surface area (Å²) in [6.45, 7) is 9.64. The van der Waals surface area contributed by atoms with Gasteiger partial charge in [0.1, 0.15) is 0 Å². The van der Waals surface area contributed by atoms with Crippen LogP contribution in [0.5, 0.6) is 0 Å². The van der Waals surface area contributed by atoms with E-state index in [9.17, 15) is 0 Å². The molecule has 3 heteroatoms. The van der Waals surface area contributed by atoms with Gasteiger partial charge < -0.3 is 5.73 Å². The molecule has 0 aliphatic carbocycles. The maximum atomic E-state index is 5.81. The molecule has 0 aliphatic rings. The molecule has 0 bridgehead atoms. The van der Waals surface area contributed by atoms with Crippen LogP contribution in [0.2, 0.25) is 0 Å². The average Bonchev–Trinajstić information content (AvgIpc) is 2.76. The van der Waals surface area contributed by atoms with Crippen LogP contribution in [0.1, 0.15) is 52.3 Å². The maximum absolute atomic E-state index is 5.81. The Morgan fingerprint density at radius 3 is 2.41 bits per heavy atom. The van der Waals surface area contributed by atoms with Crippen LogP contribution in [0.4, 0.5) is 0 Å². The van der Waals surface area contributed by atoms with E-state index in [1.165, 1.54) is 5.69 Å². The molecule has 0 fully saturated rings. The number of nitrogens with two attached hydrogens (primary N) is 1. The van der Waals surface area contributed by atoms with E-state index in [1.807, 2.05) is 0 Å². The van der Waals surface area contributed by atoms with Crippen molar-refractivity contribution in [1.29, 1.82) is 0 Å². The van der Waals surface area contributed by atoms with Gasteiger partial charge in [0.15, 0.2) is 0 Å².